The van der Waals surface area contributed by atoms with Crippen molar-refractivity contribution in [1.82, 2.24) is 19.2 Å². The summed E-state index contributed by atoms with van der Waals surface area (Å²) in [5, 5.41) is 4.53. The number of carbonyl (C=O) groups is 2. The summed E-state index contributed by atoms with van der Waals surface area (Å²) < 4.78 is 21.8. The van der Waals surface area contributed by atoms with Gasteiger partial charge in [0.25, 0.3) is 0 Å². The zero-order valence-corrected chi connectivity index (χ0v) is 19.4. The molecular weight excluding hydrogens is 440 g/mol. The molecular formula is C24H28N4O4S. The molecule has 0 saturated carbocycles. The number of carbonyl (C=O) groups excluding carboxylic acids is 2. The number of para-hydroxylation sites is 1. The van der Waals surface area contributed by atoms with E-state index in [1.807, 2.05) is 64.1 Å². The molecule has 8 nitrogen and oxygen atoms in total. The van der Waals surface area contributed by atoms with Crippen molar-refractivity contribution in [3.63, 3.8) is 0 Å². The van der Waals surface area contributed by atoms with Crippen LogP contribution in [0.1, 0.15) is 25.3 Å². The predicted octanol–water partition coefficient (Wildman–Crippen LogP) is 2.71. The first-order valence-corrected chi connectivity index (χ1v) is 12.6. The van der Waals surface area contributed by atoms with E-state index in [0.29, 0.717) is 32.5 Å². The van der Waals surface area contributed by atoms with Gasteiger partial charge in [-0.05, 0) is 44.0 Å². The maximum atomic E-state index is 12.9. The van der Waals surface area contributed by atoms with Crippen molar-refractivity contribution in [2.45, 2.75) is 25.5 Å². The van der Waals surface area contributed by atoms with Crippen LogP contribution in [0, 0.1) is 5.92 Å². The highest BCUT2D eigenvalue weighted by atomic mass is 32.2. The molecule has 0 spiro atoms. The minimum atomic E-state index is -1.39. The molecule has 3 heterocycles. The van der Waals surface area contributed by atoms with Gasteiger partial charge in [-0.3, -0.25) is 13.8 Å². The molecule has 1 unspecified atom stereocenters. The van der Waals surface area contributed by atoms with Crippen LogP contribution < -0.4 is 0 Å². The van der Waals surface area contributed by atoms with E-state index in [0.717, 1.165) is 17.1 Å². The van der Waals surface area contributed by atoms with Crippen molar-refractivity contribution >= 4 is 22.7 Å². The lowest BCUT2D eigenvalue weighted by molar-refractivity contribution is -0.151. The highest BCUT2D eigenvalue weighted by Crippen LogP contribution is 2.22. The molecule has 1 aliphatic heterocycles. The topological polar surface area (TPSA) is 86.4 Å². The second kappa shape index (κ2) is 10.6. The number of aromatic nitrogens is 3. The van der Waals surface area contributed by atoms with Gasteiger partial charge in [0.1, 0.15) is 11.6 Å². The molecule has 4 rings (SSSR count). The summed E-state index contributed by atoms with van der Waals surface area (Å²) >= 11 is 0. The van der Waals surface area contributed by atoms with Crippen LogP contribution in [0.25, 0.3) is 11.5 Å². The Bertz CT molecular complexity index is 1100. The summed E-state index contributed by atoms with van der Waals surface area (Å²) in [5.74, 6) is 0.487. The third-order valence-electron chi connectivity index (χ3n) is 5.74. The Kier molecular flexibility index (Phi) is 7.39. The molecule has 1 saturated heterocycles. The maximum Gasteiger partial charge on any atom is 0.309 e. The van der Waals surface area contributed by atoms with Crippen LogP contribution in [0.4, 0.5) is 0 Å². The minimum Gasteiger partial charge on any atom is -0.466 e. The first-order chi connectivity index (χ1) is 16.1. The average Bonchev–Trinajstić information content (AvgIpc) is 3.49. The number of likely N-dealkylation sites (tertiary alicyclic amines) is 1. The van der Waals surface area contributed by atoms with E-state index in [4.69, 9.17) is 4.74 Å². The van der Waals surface area contributed by atoms with Crippen LogP contribution in [-0.2, 0) is 30.9 Å². The second-order valence-electron chi connectivity index (χ2n) is 7.97. The molecule has 0 aliphatic carbocycles. The van der Waals surface area contributed by atoms with Gasteiger partial charge in [0.05, 0.1) is 30.2 Å². The van der Waals surface area contributed by atoms with E-state index in [2.05, 4.69) is 5.10 Å². The summed E-state index contributed by atoms with van der Waals surface area (Å²) in [4.78, 5) is 26.3. The van der Waals surface area contributed by atoms with E-state index in [1.54, 1.807) is 18.0 Å². The number of ether oxygens (including phenoxy) is 1. The normalized spacial score (nSPS) is 15.4. The quantitative estimate of drug-likeness (QED) is 0.475. The third-order valence-corrected chi connectivity index (χ3v) is 6.94. The number of hydrogen-bond donors (Lipinski definition) is 0. The number of piperidine rings is 1. The van der Waals surface area contributed by atoms with Crippen molar-refractivity contribution in [1.29, 1.82) is 0 Å². The highest BCUT2D eigenvalue weighted by Gasteiger charge is 2.29. The van der Waals surface area contributed by atoms with Crippen molar-refractivity contribution in [2.24, 2.45) is 5.92 Å². The molecule has 1 atom stereocenters. The largest absolute Gasteiger partial charge is 0.466 e. The van der Waals surface area contributed by atoms with E-state index >= 15 is 0 Å². The van der Waals surface area contributed by atoms with E-state index in [-0.39, 0.29) is 29.3 Å². The average molecular weight is 469 g/mol. The SMILES string of the molecule is CCOC(=O)C1CCN(C(=O)CS(=O)Cc2cnn(-c3ccccc3)c2-n2cccc2)CC1. The van der Waals surface area contributed by atoms with Crippen molar-refractivity contribution in [3.8, 4) is 11.5 Å². The fourth-order valence-electron chi connectivity index (χ4n) is 4.06. The summed E-state index contributed by atoms with van der Waals surface area (Å²) in [6.07, 6.45) is 6.72. The molecule has 1 fully saturated rings. The smallest absolute Gasteiger partial charge is 0.309 e. The van der Waals surface area contributed by atoms with Crippen molar-refractivity contribution < 1.29 is 18.5 Å². The fraction of sp³-hybridized carbons (Fsp3) is 0.375. The summed E-state index contributed by atoms with van der Waals surface area (Å²) in [7, 11) is -1.39. The van der Waals surface area contributed by atoms with E-state index in [1.165, 1.54) is 0 Å². The monoisotopic (exact) mass is 468 g/mol. The Morgan fingerprint density at radius 2 is 1.79 bits per heavy atom. The zero-order valence-electron chi connectivity index (χ0n) is 18.6. The van der Waals surface area contributed by atoms with Gasteiger partial charge in [-0.1, -0.05) is 18.2 Å². The van der Waals surface area contributed by atoms with Gasteiger partial charge in [-0.2, -0.15) is 5.10 Å². The number of rotatable bonds is 8. The van der Waals surface area contributed by atoms with Crippen LogP contribution >= 0.6 is 0 Å². The molecule has 3 aromatic rings. The Balaban J connectivity index is 1.42. The zero-order chi connectivity index (χ0) is 23.2. The Morgan fingerprint density at radius 3 is 2.45 bits per heavy atom. The standard InChI is InChI=1S/C24H28N4O4S/c1-2-32-24(30)19-10-14-26(15-11-19)22(29)18-33(31)17-20-16-25-28(21-8-4-3-5-9-21)23(20)27-12-6-7-13-27/h3-9,12-13,16,19H,2,10-11,14-15,17-18H2,1H3. The Morgan fingerprint density at radius 1 is 1.09 bits per heavy atom. The van der Waals surface area contributed by atoms with Gasteiger partial charge in [0, 0.05) is 41.8 Å². The molecule has 33 heavy (non-hydrogen) atoms. The molecule has 1 aromatic carbocycles. The van der Waals surface area contributed by atoms with Crippen molar-refractivity contribution in [2.75, 3.05) is 25.4 Å². The first-order valence-electron chi connectivity index (χ1n) is 11.1. The number of nitrogens with zero attached hydrogens (tertiary/aromatic N) is 4. The number of amides is 1. The fourth-order valence-corrected chi connectivity index (χ4v) is 5.18. The van der Waals surface area contributed by atoms with Crippen LogP contribution in [0.3, 0.4) is 0 Å². The van der Waals surface area contributed by atoms with Gasteiger partial charge in [-0.25, -0.2) is 4.68 Å². The molecule has 0 N–H and O–H groups in total. The molecule has 1 aliphatic rings. The number of benzene rings is 1. The highest BCUT2D eigenvalue weighted by molar-refractivity contribution is 7.84. The van der Waals surface area contributed by atoms with Gasteiger partial charge in [-0.15, -0.1) is 0 Å². The molecule has 174 valence electrons. The van der Waals surface area contributed by atoms with Crippen LogP contribution in [-0.4, -0.2) is 60.8 Å². The lowest BCUT2D eigenvalue weighted by Crippen LogP contribution is -2.42. The molecule has 0 bridgehead atoms. The molecule has 2 aromatic heterocycles. The number of hydrogen-bond acceptors (Lipinski definition) is 5. The van der Waals surface area contributed by atoms with Gasteiger partial charge in [0.2, 0.25) is 5.91 Å². The van der Waals surface area contributed by atoms with Crippen molar-refractivity contribution in [3.05, 3.63) is 66.6 Å². The predicted molar refractivity (Wildman–Crippen MR) is 126 cm³/mol. The molecule has 1 amide bonds. The van der Waals surface area contributed by atoms with Gasteiger partial charge in [0.15, 0.2) is 0 Å². The minimum absolute atomic E-state index is 0.0499. The maximum absolute atomic E-state index is 12.9. The third kappa shape index (κ3) is 5.42. The van der Waals surface area contributed by atoms with E-state index in [9.17, 15) is 13.8 Å². The Hall–Kier alpha value is -3.20. The Labute approximate surface area is 195 Å². The summed E-state index contributed by atoms with van der Waals surface area (Å²) in [6.45, 7) is 3.13. The van der Waals surface area contributed by atoms with Gasteiger partial charge < -0.3 is 14.2 Å². The molecule has 9 heteroatoms. The second-order valence-corrected chi connectivity index (χ2v) is 9.42. The van der Waals surface area contributed by atoms with Crippen LogP contribution in [0.15, 0.2) is 61.1 Å². The molecule has 0 radical (unpaired) electrons. The summed E-state index contributed by atoms with van der Waals surface area (Å²) in [6, 6.07) is 13.6. The van der Waals surface area contributed by atoms with Gasteiger partial charge >= 0.3 is 5.97 Å². The lowest BCUT2D eigenvalue weighted by Gasteiger charge is -2.30. The van der Waals surface area contributed by atoms with Crippen LogP contribution in [0.5, 0.6) is 0 Å². The summed E-state index contributed by atoms with van der Waals surface area (Å²) in [5.41, 5.74) is 1.71. The number of esters is 1. The van der Waals surface area contributed by atoms with Crippen LogP contribution in [0.2, 0.25) is 0 Å². The first kappa shape index (κ1) is 23.0. The van der Waals surface area contributed by atoms with E-state index < -0.39 is 10.8 Å². The lowest BCUT2D eigenvalue weighted by atomic mass is 9.97.